The van der Waals surface area contributed by atoms with E-state index in [2.05, 4.69) is 24.0 Å². The summed E-state index contributed by atoms with van der Waals surface area (Å²) in [7, 11) is 1.91. The molecule has 0 saturated carbocycles. The molecular weight excluding hydrogens is 398 g/mol. The van der Waals surface area contributed by atoms with Crippen LogP contribution in [-0.2, 0) is 13.6 Å². The minimum atomic E-state index is -0.0710. The Balaban J connectivity index is 1.39. The molecular formula is C21H21N7OS. The first-order valence-corrected chi connectivity index (χ1v) is 10.6. The zero-order valence-corrected chi connectivity index (χ0v) is 17.8. The Morgan fingerprint density at radius 2 is 1.97 bits per heavy atom. The number of aryl methyl sites for hydroxylation is 2. The van der Waals surface area contributed by atoms with E-state index >= 15 is 0 Å². The molecule has 0 radical (unpaired) electrons. The Bertz CT molecular complexity index is 1220. The van der Waals surface area contributed by atoms with Crippen molar-refractivity contribution in [2.75, 3.05) is 6.54 Å². The van der Waals surface area contributed by atoms with E-state index in [4.69, 9.17) is 0 Å². The predicted molar refractivity (Wildman–Crippen MR) is 114 cm³/mol. The van der Waals surface area contributed by atoms with Gasteiger partial charge < -0.3 is 9.47 Å². The fourth-order valence-corrected chi connectivity index (χ4v) is 4.64. The molecule has 8 nitrogen and oxygen atoms in total. The second-order valence-electron chi connectivity index (χ2n) is 7.40. The van der Waals surface area contributed by atoms with Gasteiger partial charge in [-0.25, -0.2) is 9.97 Å². The van der Waals surface area contributed by atoms with Gasteiger partial charge in [-0.3, -0.25) is 9.48 Å². The van der Waals surface area contributed by atoms with Crippen molar-refractivity contribution in [2.45, 2.75) is 26.4 Å². The molecule has 1 aromatic carbocycles. The van der Waals surface area contributed by atoms with E-state index in [0.29, 0.717) is 18.7 Å². The zero-order valence-electron chi connectivity index (χ0n) is 17.0. The van der Waals surface area contributed by atoms with Crippen LogP contribution in [-0.4, -0.2) is 46.0 Å². The first-order valence-electron chi connectivity index (χ1n) is 9.78. The van der Waals surface area contributed by atoms with Gasteiger partial charge in [0.1, 0.15) is 5.82 Å². The summed E-state index contributed by atoms with van der Waals surface area (Å²) in [4.78, 5) is 24.2. The standard InChI is InChI=1S/C21H21N7OS/c1-13-18-12-22-19(20-24-14(2)25-30-20)28(18)11-10-27(13)21(29)16-6-4-15(5-7-16)17-8-9-23-26(17)3/h4-9,12-13H,10-11H2,1-3H3/t13-/m1/s1. The number of nitrogens with zero attached hydrogens (tertiary/aromatic N) is 7. The molecule has 0 aliphatic carbocycles. The number of imidazole rings is 1. The molecule has 0 unspecified atom stereocenters. The van der Waals surface area contributed by atoms with Crippen LogP contribution in [0.5, 0.6) is 0 Å². The number of hydrogen-bond acceptors (Lipinski definition) is 6. The number of benzene rings is 1. The molecule has 1 atom stereocenters. The van der Waals surface area contributed by atoms with Crippen molar-refractivity contribution in [3.8, 4) is 22.1 Å². The first-order chi connectivity index (χ1) is 14.5. The van der Waals surface area contributed by atoms with Crippen LogP contribution in [0.2, 0.25) is 0 Å². The molecule has 30 heavy (non-hydrogen) atoms. The molecule has 0 N–H and O–H groups in total. The number of hydrogen-bond donors (Lipinski definition) is 0. The molecule has 5 rings (SSSR count). The lowest BCUT2D eigenvalue weighted by Crippen LogP contribution is -2.41. The highest BCUT2D eigenvalue weighted by molar-refractivity contribution is 7.09. The third-order valence-electron chi connectivity index (χ3n) is 5.57. The van der Waals surface area contributed by atoms with Crippen LogP contribution in [0.25, 0.3) is 22.1 Å². The van der Waals surface area contributed by atoms with Crippen LogP contribution in [0, 0.1) is 6.92 Å². The third kappa shape index (κ3) is 3.02. The van der Waals surface area contributed by atoms with Gasteiger partial charge in [0.2, 0.25) is 0 Å². The summed E-state index contributed by atoms with van der Waals surface area (Å²) in [5, 5.41) is 5.02. The summed E-state index contributed by atoms with van der Waals surface area (Å²) in [6.07, 6.45) is 3.62. The van der Waals surface area contributed by atoms with E-state index in [1.165, 1.54) is 11.5 Å². The highest BCUT2D eigenvalue weighted by Crippen LogP contribution is 2.32. The zero-order chi connectivity index (χ0) is 20.8. The molecule has 3 aromatic heterocycles. The summed E-state index contributed by atoms with van der Waals surface area (Å²) in [5.41, 5.74) is 3.75. The Hall–Kier alpha value is -3.33. The van der Waals surface area contributed by atoms with E-state index in [0.717, 1.165) is 33.6 Å². The quantitative estimate of drug-likeness (QED) is 0.509. The van der Waals surface area contributed by atoms with Gasteiger partial charge in [-0.1, -0.05) is 12.1 Å². The Morgan fingerprint density at radius 3 is 2.63 bits per heavy atom. The van der Waals surface area contributed by atoms with Crippen molar-refractivity contribution in [1.29, 1.82) is 0 Å². The predicted octanol–water partition coefficient (Wildman–Crippen LogP) is 3.33. The van der Waals surface area contributed by atoms with Crippen molar-refractivity contribution in [3.63, 3.8) is 0 Å². The molecule has 4 aromatic rings. The lowest BCUT2D eigenvalue weighted by molar-refractivity contribution is 0.0645. The summed E-state index contributed by atoms with van der Waals surface area (Å²) in [6, 6.07) is 9.61. The van der Waals surface area contributed by atoms with Crippen molar-refractivity contribution in [3.05, 3.63) is 59.8 Å². The molecule has 0 bridgehead atoms. The molecule has 152 valence electrons. The van der Waals surface area contributed by atoms with Gasteiger partial charge in [-0.2, -0.15) is 9.47 Å². The molecule has 1 amide bonds. The van der Waals surface area contributed by atoms with Gasteiger partial charge in [0.05, 0.1) is 23.6 Å². The van der Waals surface area contributed by atoms with Crippen molar-refractivity contribution >= 4 is 17.4 Å². The second-order valence-corrected chi connectivity index (χ2v) is 8.15. The van der Waals surface area contributed by atoms with Crippen LogP contribution >= 0.6 is 11.5 Å². The van der Waals surface area contributed by atoms with Crippen LogP contribution in [0.15, 0.2) is 42.7 Å². The van der Waals surface area contributed by atoms with E-state index in [1.54, 1.807) is 6.20 Å². The molecule has 0 saturated heterocycles. The van der Waals surface area contributed by atoms with Crippen molar-refractivity contribution < 1.29 is 4.79 Å². The van der Waals surface area contributed by atoms with Crippen molar-refractivity contribution in [2.24, 2.45) is 7.05 Å². The SMILES string of the molecule is Cc1nsc(-c2ncc3n2CCN(C(=O)c2ccc(-c4ccnn4C)cc2)[C@@H]3C)n1. The second kappa shape index (κ2) is 7.17. The highest BCUT2D eigenvalue weighted by Gasteiger charge is 2.31. The smallest absolute Gasteiger partial charge is 0.254 e. The highest BCUT2D eigenvalue weighted by atomic mass is 32.1. The molecule has 4 heterocycles. The largest absolute Gasteiger partial charge is 0.329 e. The molecule has 0 fully saturated rings. The van der Waals surface area contributed by atoms with Gasteiger partial charge in [0, 0.05) is 31.9 Å². The lowest BCUT2D eigenvalue weighted by atomic mass is 10.1. The summed E-state index contributed by atoms with van der Waals surface area (Å²) in [5.74, 6) is 1.61. The Morgan fingerprint density at radius 1 is 1.17 bits per heavy atom. The summed E-state index contributed by atoms with van der Waals surface area (Å²) < 4.78 is 8.24. The van der Waals surface area contributed by atoms with Gasteiger partial charge >= 0.3 is 0 Å². The monoisotopic (exact) mass is 419 g/mol. The summed E-state index contributed by atoms with van der Waals surface area (Å²) in [6.45, 7) is 5.23. The maximum Gasteiger partial charge on any atom is 0.254 e. The van der Waals surface area contributed by atoms with Crippen LogP contribution in [0.3, 0.4) is 0 Å². The van der Waals surface area contributed by atoms with Crippen LogP contribution in [0.4, 0.5) is 0 Å². The van der Waals surface area contributed by atoms with E-state index < -0.39 is 0 Å². The van der Waals surface area contributed by atoms with Crippen molar-refractivity contribution in [1.82, 2.24) is 33.6 Å². The number of rotatable bonds is 3. The average Bonchev–Trinajstić information content (AvgIpc) is 3.47. The topological polar surface area (TPSA) is 81.7 Å². The maximum absolute atomic E-state index is 13.2. The molecule has 1 aliphatic heterocycles. The number of amides is 1. The fourth-order valence-electron chi connectivity index (χ4n) is 3.96. The van der Waals surface area contributed by atoms with Crippen LogP contribution in [0.1, 0.15) is 34.8 Å². The van der Waals surface area contributed by atoms with E-state index in [-0.39, 0.29) is 11.9 Å². The van der Waals surface area contributed by atoms with Gasteiger partial charge in [0.15, 0.2) is 10.8 Å². The Labute approximate surface area is 178 Å². The minimum Gasteiger partial charge on any atom is -0.329 e. The van der Waals surface area contributed by atoms with Gasteiger partial charge in [0.25, 0.3) is 5.91 Å². The Kier molecular flexibility index (Phi) is 4.47. The number of carbonyl (C=O) groups is 1. The molecule has 9 heteroatoms. The molecule has 0 spiro atoms. The van der Waals surface area contributed by atoms with Gasteiger partial charge in [-0.05, 0) is 49.1 Å². The fraction of sp³-hybridized carbons (Fsp3) is 0.286. The minimum absolute atomic E-state index is 0.0276. The first kappa shape index (κ1) is 18.7. The van der Waals surface area contributed by atoms with Crippen LogP contribution < -0.4 is 0 Å². The third-order valence-corrected chi connectivity index (χ3v) is 6.38. The van der Waals surface area contributed by atoms with E-state index in [1.807, 2.05) is 67.0 Å². The lowest BCUT2D eigenvalue weighted by Gasteiger charge is -2.35. The summed E-state index contributed by atoms with van der Waals surface area (Å²) >= 11 is 1.36. The average molecular weight is 420 g/mol. The molecule has 1 aliphatic rings. The van der Waals surface area contributed by atoms with Gasteiger partial charge in [-0.15, -0.1) is 0 Å². The normalized spacial score (nSPS) is 16.0. The number of carbonyl (C=O) groups excluding carboxylic acids is 1. The maximum atomic E-state index is 13.2. The van der Waals surface area contributed by atoms with E-state index in [9.17, 15) is 4.79 Å². The number of fused-ring (bicyclic) bond motifs is 1. The number of aromatic nitrogens is 6.